The van der Waals surface area contributed by atoms with Crippen LogP contribution >= 0.6 is 0 Å². The van der Waals surface area contributed by atoms with Gasteiger partial charge in [0.1, 0.15) is 0 Å². The van der Waals surface area contributed by atoms with Gasteiger partial charge in [0.2, 0.25) is 5.91 Å². The number of rotatable bonds is 5. The first-order chi connectivity index (χ1) is 13.8. The standard InChI is InChI=1S/C19H21N5O5/c1-10(12-8-22-13-5-3-2-4-11(12)13)15-16(26)23-18(29-15)24-9-28-17(27)19(24,21)7-6-14(20)25/h2-5,8,10,15,22H,6-7,9,21H2,1H3,(H2,20,25)/t10-,15+,19+/m1/s1. The number of primary amides is 1. The lowest BCUT2D eigenvalue weighted by molar-refractivity contribution is -0.143. The Morgan fingerprint density at radius 2 is 2.17 bits per heavy atom. The fourth-order valence-electron chi connectivity index (χ4n) is 3.67. The number of esters is 1. The maximum absolute atomic E-state index is 12.6. The van der Waals surface area contributed by atoms with E-state index in [0.717, 1.165) is 16.5 Å². The van der Waals surface area contributed by atoms with Gasteiger partial charge in [-0.25, -0.2) is 4.79 Å². The second-order valence-corrected chi connectivity index (χ2v) is 7.23. The SMILES string of the molecule is C[C@H](c1c[nH]c2ccccc12)[C@@H]1OC(N2COC(=O)[C@]2(N)CCC(N)=O)=NC1=O. The Balaban J connectivity index is 1.56. The number of nitrogens with zero attached hydrogens (tertiary/aromatic N) is 2. The summed E-state index contributed by atoms with van der Waals surface area (Å²) in [5.74, 6) is -2.12. The van der Waals surface area contributed by atoms with Crippen molar-refractivity contribution in [2.24, 2.45) is 16.5 Å². The molecule has 2 aromatic rings. The summed E-state index contributed by atoms with van der Waals surface area (Å²) in [7, 11) is 0. The number of benzene rings is 1. The first-order valence-corrected chi connectivity index (χ1v) is 9.18. The molecule has 0 spiro atoms. The third-order valence-corrected chi connectivity index (χ3v) is 5.39. The lowest BCUT2D eigenvalue weighted by Gasteiger charge is -2.30. The molecule has 10 heteroatoms. The van der Waals surface area contributed by atoms with Gasteiger partial charge in [-0.3, -0.25) is 20.2 Å². The van der Waals surface area contributed by atoms with Crippen LogP contribution in [-0.2, 0) is 23.9 Å². The van der Waals surface area contributed by atoms with E-state index in [1.165, 1.54) is 4.90 Å². The second-order valence-electron chi connectivity index (χ2n) is 7.23. The van der Waals surface area contributed by atoms with E-state index in [-0.39, 0.29) is 31.5 Å². The average Bonchev–Trinajstić information content (AvgIpc) is 3.36. The largest absolute Gasteiger partial charge is 0.451 e. The van der Waals surface area contributed by atoms with Crippen LogP contribution in [0.5, 0.6) is 0 Å². The third-order valence-electron chi connectivity index (χ3n) is 5.39. The van der Waals surface area contributed by atoms with Crippen LogP contribution in [0.15, 0.2) is 35.5 Å². The Bertz CT molecular complexity index is 1030. The monoisotopic (exact) mass is 399 g/mol. The molecular formula is C19H21N5O5. The van der Waals surface area contributed by atoms with Gasteiger partial charge in [0.05, 0.1) is 0 Å². The quantitative estimate of drug-likeness (QED) is 0.611. The molecule has 0 bridgehead atoms. The molecule has 3 heterocycles. The molecular weight excluding hydrogens is 378 g/mol. The summed E-state index contributed by atoms with van der Waals surface area (Å²) in [6.45, 7) is 1.64. The summed E-state index contributed by atoms with van der Waals surface area (Å²) in [5.41, 5.74) is 11.5. The number of cyclic esters (lactones) is 1. The number of amidine groups is 1. The van der Waals surface area contributed by atoms with Crippen molar-refractivity contribution in [2.45, 2.75) is 37.5 Å². The average molecular weight is 399 g/mol. The fourth-order valence-corrected chi connectivity index (χ4v) is 3.67. The van der Waals surface area contributed by atoms with E-state index in [0.29, 0.717) is 0 Å². The van der Waals surface area contributed by atoms with Crippen LogP contribution in [0, 0.1) is 0 Å². The van der Waals surface area contributed by atoms with Gasteiger partial charge in [0, 0.05) is 35.9 Å². The zero-order valence-electron chi connectivity index (χ0n) is 15.8. The highest BCUT2D eigenvalue weighted by Crippen LogP contribution is 2.33. The van der Waals surface area contributed by atoms with Crippen LogP contribution in [0.4, 0.5) is 0 Å². The van der Waals surface area contributed by atoms with Gasteiger partial charge < -0.3 is 20.2 Å². The minimum atomic E-state index is -1.67. The van der Waals surface area contributed by atoms with Crippen molar-refractivity contribution in [1.82, 2.24) is 9.88 Å². The normalized spacial score (nSPS) is 25.1. The maximum Gasteiger partial charge on any atom is 0.349 e. The van der Waals surface area contributed by atoms with E-state index < -0.39 is 29.6 Å². The topological polar surface area (TPSA) is 153 Å². The molecule has 5 N–H and O–H groups in total. The third kappa shape index (κ3) is 3.11. The van der Waals surface area contributed by atoms with Gasteiger partial charge in [0.15, 0.2) is 18.5 Å². The highest BCUT2D eigenvalue weighted by Gasteiger charge is 2.52. The van der Waals surface area contributed by atoms with E-state index in [1.54, 1.807) is 0 Å². The summed E-state index contributed by atoms with van der Waals surface area (Å²) in [6.07, 6.45) is 0.756. The number of aromatic amines is 1. The number of amides is 2. The number of carbonyl (C=O) groups is 3. The highest BCUT2D eigenvalue weighted by molar-refractivity contribution is 6.01. The lowest BCUT2D eigenvalue weighted by atomic mass is 9.94. The molecule has 0 aliphatic carbocycles. The summed E-state index contributed by atoms with van der Waals surface area (Å²) >= 11 is 0. The minimum Gasteiger partial charge on any atom is -0.451 e. The number of para-hydroxylation sites is 1. The van der Waals surface area contributed by atoms with E-state index in [1.807, 2.05) is 37.4 Å². The number of nitrogens with one attached hydrogen (secondary N) is 1. The Labute approximate surface area is 165 Å². The van der Waals surface area contributed by atoms with Crippen molar-refractivity contribution < 1.29 is 23.9 Å². The zero-order chi connectivity index (χ0) is 20.8. The zero-order valence-corrected chi connectivity index (χ0v) is 15.8. The number of hydrogen-bond donors (Lipinski definition) is 3. The minimum absolute atomic E-state index is 0.0829. The van der Waals surface area contributed by atoms with Crippen molar-refractivity contribution in [2.75, 3.05) is 6.73 Å². The molecule has 2 amide bonds. The molecule has 152 valence electrons. The molecule has 29 heavy (non-hydrogen) atoms. The molecule has 10 nitrogen and oxygen atoms in total. The number of aromatic nitrogens is 1. The number of ether oxygens (including phenoxy) is 2. The second kappa shape index (κ2) is 6.89. The summed E-state index contributed by atoms with van der Waals surface area (Å²) < 4.78 is 10.8. The summed E-state index contributed by atoms with van der Waals surface area (Å²) in [6, 6.07) is 7.65. The Morgan fingerprint density at radius 3 is 2.93 bits per heavy atom. The maximum atomic E-state index is 12.6. The van der Waals surface area contributed by atoms with Crippen LogP contribution in [0.2, 0.25) is 0 Å². The number of aliphatic imine (C=N–C) groups is 1. The van der Waals surface area contributed by atoms with Crippen LogP contribution < -0.4 is 11.5 Å². The van der Waals surface area contributed by atoms with Gasteiger partial charge in [-0.2, -0.15) is 4.99 Å². The Kier molecular flexibility index (Phi) is 4.50. The van der Waals surface area contributed by atoms with Crippen LogP contribution in [0.1, 0.15) is 31.2 Å². The molecule has 1 aromatic heterocycles. The van der Waals surface area contributed by atoms with Crippen molar-refractivity contribution in [3.63, 3.8) is 0 Å². The molecule has 1 saturated heterocycles. The number of hydrogen-bond acceptors (Lipinski definition) is 7. The van der Waals surface area contributed by atoms with Crippen LogP contribution in [0.3, 0.4) is 0 Å². The van der Waals surface area contributed by atoms with Gasteiger partial charge in [0.25, 0.3) is 5.91 Å². The first-order valence-electron chi connectivity index (χ1n) is 9.18. The number of H-pyrrole nitrogens is 1. The van der Waals surface area contributed by atoms with Crippen molar-refractivity contribution in [3.8, 4) is 0 Å². The van der Waals surface area contributed by atoms with Crippen molar-refractivity contribution >= 4 is 34.7 Å². The summed E-state index contributed by atoms with van der Waals surface area (Å²) in [4.78, 5) is 44.3. The molecule has 3 atom stereocenters. The van der Waals surface area contributed by atoms with Gasteiger partial charge in [-0.1, -0.05) is 25.1 Å². The number of fused-ring (bicyclic) bond motifs is 1. The molecule has 2 aliphatic heterocycles. The number of carbonyl (C=O) groups excluding carboxylic acids is 3. The molecule has 0 unspecified atom stereocenters. The molecule has 2 aliphatic rings. The smallest absolute Gasteiger partial charge is 0.349 e. The highest BCUT2D eigenvalue weighted by atomic mass is 16.6. The Hall–Kier alpha value is -3.40. The van der Waals surface area contributed by atoms with Gasteiger partial charge in [-0.05, 0) is 11.6 Å². The predicted octanol–water partition coefficient (Wildman–Crippen LogP) is 0.290. The fraction of sp³-hybridized carbons (Fsp3) is 0.368. The van der Waals surface area contributed by atoms with E-state index in [4.69, 9.17) is 20.9 Å². The number of nitrogens with two attached hydrogens (primary N) is 2. The molecule has 0 saturated carbocycles. The van der Waals surface area contributed by atoms with Gasteiger partial charge in [-0.15, -0.1) is 0 Å². The van der Waals surface area contributed by atoms with Crippen LogP contribution in [0.25, 0.3) is 10.9 Å². The molecule has 0 radical (unpaired) electrons. The summed E-state index contributed by atoms with van der Waals surface area (Å²) in [5, 5.41) is 0.985. The molecule has 4 rings (SSSR count). The van der Waals surface area contributed by atoms with E-state index in [9.17, 15) is 14.4 Å². The molecule has 1 fully saturated rings. The molecule has 1 aromatic carbocycles. The lowest BCUT2D eigenvalue weighted by Crippen LogP contribution is -2.59. The van der Waals surface area contributed by atoms with E-state index >= 15 is 0 Å². The Morgan fingerprint density at radius 1 is 1.41 bits per heavy atom. The van der Waals surface area contributed by atoms with Gasteiger partial charge >= 0.3 is 12.0 Å². The first kappa shape index (κ1) is 18.9. The predicted molar refractivity (Wildman–Crippen MR) is 102 cm³/mol. The van der Waals surface area contributed by atoms with Crippen LogP contribution in [-0.4, -0.2) is 52.2 Å². The van der Waals surface area contributed by atoms with Crippen molar-refractivity contribution in [3.05, 3.63) is 36.0 Å². The van der Waals surface area contributed by atoms with Crippen molar-refractivity contribution in [1.29, 1.82) is 0 Å². The van der Waals surface area contributed by atoms with E-state index in [2.05, 4.69) is 9.98 Å².